The van der Waals surface area contributed by atoms with Crippen LogP contribution in [0.15, 0.2) is 0 Å². The van der Waals surface area contributed by atoms with Gasteiger partial charge < -0.3 is 10.6 Å². The summed E-state index contributed by atoms with van der Waals surface area (Å²) in [5.74, 6) is 0.898. The van der Waals surface area contributed by atoms with Crippen LogP contribution in [0.5, 0.6) is 0 Å². The minimum Gasteiger partial charge on any atom is -0.353 e. The van der Waals surface area contributed by atoms with Crippen LogP contribution in [-0.4, -0.2) is 24.5 Å². The van der Waals surface area contributed by atoms with Gasteiger partial charge in [0.25, 0.3) is 0 Å². The Morgan fingerprint density at radius 3 is 2.44 bits per heavy atom. The third-order valence-corrected chi connectivity index (χ3v) is 3.40. The van der Waals surface area contributed by atoms with E-state index in [1.165, 1.54) is 25.7 Å². The molecule has 1 atom stereocenters. The lowest BCUT2D eigenvalue weighted by Crippen LogP contribution is -2.39. The van der Waals surface area contributed by atoms with Crippen molar-refractivity contribution in [1.29, 1.82) is 0 Å². The fourth-order valence-corrected chi connectivity index (χ4v) is 2.38. The zero-order valence-electron chi connectivity index (χ0n) is 10.9. The average molecular weight is 226 g/mol. The molecule has 0 heterocycles. The van der Waals surface area contributed by atoms with E-state index in [2.05, 4.69) is 31.4 Å². The van der Waals surface area contributed by atoms with Gasteiger partial charge in [-0.2, -0.15) is 0 Å². The van der Waals surface area contributed by atoms with Crippen molar-refractivity contribution in [2.45, 2.75) is 65.0 Å². The molecule has 0 saturated heterocycles. The highest BCUT2D eigenvalue weighted by Crippen LogP contribution is 2.27. The molecule has 1 saturated carbocycles. The van der Waals surface area contributed by atoms with Crippen molar-refractivity contribution in [3.05, 3.63) is 0 Å². The molecular formula is C13H26N2O. The van der Waals surface area contributed by atoms with E-state index in [-0.39, 0.29) is 5.91 Å². The lowest BCUT2D eigenvalue weighted by atomic mass is 10.00. The van der Waals surface area contributed by atoms with E-state index in [0.29, 0.717) is 24.4 Å². The average Bonchev–Trinajstić information content (AvgIpc) is 2.69. The molecule has 0 aliphatic heterocycles. The van der Waals surface area contributed by atoms with Crippen LogP contribution in [-0.2, 0) is 4.79 Å². The molecule has 0 aromatic heterocycles. The van der Waals surface area contributed by atoms with E-state index in [4.69, 9.17) is 0 Å². The first kappa shape index (κ1) is 13.5. The highest BCUT2D eigenvalue weighted by atomic mass is 16.1. The van der Waals surface area contributed by atoms with Crippen molar-refractivity contribution in [1.82, 2.24) is 10.6 Å². The first-order chi connectivity index (χ1) is 7.59. The quantitative estimate of drug-likeness (QED) is 0.728. The van der Waals surface area contributed by atoms with Gasteiger partial charge in [0.15, 0.2) is 0 Å². The van der Waals surface area contributed by atoms with Crippen molar-refractivity contribution in [2.24, 2.45) is 5.92 Å². The van der Waals surface area contributed by atoms with Gasteiger partial charge in [-0.25, -0.2) is 0 Å². The molecule has 1 unspecified atom stereocenters. The topological polar surface area (TPSA) is 41.1 Å². The summed E-state index contributed by atoms with van der Waals surface area (Å²) in [6.07, 6.45) is 5.83. The number of amides is 1. The highest BCUT2D eigenvalue weighted by Gasteiger charge is 2.22. The maximum atomic E-state index is 11.6. The molecule has 3 heteroatoms. The smallest absolute Gasteiger partial charge is 0.221 e. The summed E-state index contributed by atoms with van der Waals surface area (Å²) in [4.78, 5) is 11.6. The summed E-state index contributed by atoms with van der Waals surface area (Å²) in [6.45, 7) is 7.11. The monoisotopic (exact) mass is 226 g/mol. The number of carbonyl (C=O) groups is 1. The van der Waals surface area contributed by atoms with E-state index in [1.807, 2.05) is 0 Å². The third-order valence-electron chi connectivity index (χ3n) is 3.40. The molecule has 0 spiro atoms. The van der Waals surface area contributed by atoms with Crippen LogP contribution in [0.1, 0.15) is 52.9 Å². The molecule has 0 radical (unpaired) electrons. The number of hydrogen-bond donors (Lipinski definition) is 2. The molecule has 2 N–H and O–H groups in total. The Morgan fingerprint density at radius 2 is 1.88 bits per heavy atom. The molecule has 3 nitrogen and oxygen atoms in total. The molecular weight excluding hydrogens is 200 g/mol. The molecule has 1 fully saturated rings. The second-order valence-corrected chi connectivity index (χ2v) is 5.26. The van der Waals surface area contributed by atoms with Crippen molar-refractivity contribution >= 4 is 5.91 Å². The maximum absolute atomic E-state index is 11.6. The molecule has 1 aliphatic rings. The zero-order valence-corrected chi connectivity index (χ0v) is 10.9. The summed E-state index contributed by atoms with van der Waals surface area (Å²) >= 11 is 0. The van der Waals surface area contributed by atoms with Crippen LogP contribution < -0.4 is 10.6 Å². The normalized spacial score (nSPS) is 19.0. The van der Waals surface area contributed by atoms with Gasteiger partial charge in [0.1, 0.15) is 0 Å². The first-order valence-electron chi connectivity index (χ1n) is 6.62. The zero-order chi connectivity index (χ0) is 12.0. The van der Waals surface area contributed by atoms with Crippen molar-refractivity contribution in [3.63, 3.8) is 0 Å². The van der Waals surface area contributed by atoms with E-state index in [0.717, 1.165) is 6.54 Å². The first-order valence-corrected chi connectivity index (χ1v) is 6.62. The van der Waals surface area contributed by atoms with Crippen molar-refractivity contribution in [3.8, 4) is 0 Å². The highest BCUT2D eigenvalue weighted by molar-refractivity contribution is 5.76. The van der Waals surface area contributed by atoms with Crippen LogP contribution in [0.2, 0.25) is 0 Å². The second kappa shape index (κ2) is 6.89. The third kappa shape index (κ3) is 4.97. The Balaban J connectivity index is 2.12. The van der Waals surface area contributed by atoms with Crippen LogP contribution in [0.4, 0.5) is 0 Å². The summed E-state index contributed by atoms with van der Waals surface area (Å²) in [5.41, 5.74) is 0. The molecule has 94 valence electrons. The lowest BCUT2D eigenvalue weighted by molar-refractivity contribution is -0.121. The maximum Gasteiger partial charge on any atom is 0.221 e. The van der Waals surface area contributed by atoms with Gasteiger partial charge in [-0.15, -0.1) is 0 Å². The fourth-order valence-electron chi connectivity index (χ4n) is 2.38. The van der Waals surface area contributed by atoms with Crippen LogP contribution in [0.25, 0.3) is 0 Å². The number of carbonyl (C=O) groups excluding carboxylic acids is 1. The van der Waals surface area contributed by atoms with E-state index < -0.39 is 0 Å². The largest absolute Gasteiger partial charge is 0.353 e. The summed E-state index contributed by atoms with van der Waals surface area (Å²) in [7, 11) is 0. The predicted molar refractivity (Wildman–Crippen MR) is 67.3 cm³/mol. The second-order valence-electron chi connectivity index (χ2n) is 5.26. The summed E-state index contributed by atoms with van der Waals surface area (Å²) in [5, 5.41) is 6.37. The number of hydrogen-bond acceptors (Lipinski definition) is 2. The van der Waals surface area contributed by atoms with Gasteiger partial charge in [-0.05, 0) is 25.7 Å². The van der Waals surface area contributed by atoms with Gasteiger partial charge in [-0.3, -0.25) is 4.79 Å². The standard InChI is InChI=1S/C13H26N2O/c1-10(2)14-9-8-13(16)15-11(3)12-6-4-5-7-12/h10-12,14H,4-9H2,1-3H3,(H,15,16). The lowest BCUT2D eigenvalue weighted by Gasteiger charge is -2.20. The van der Waals surface area contributed by atoms with Gasteiger partial charge >= 0.3 is 0 Å². The Labute approximate surface area is 99.4 Å². The fraction of sp³-hybridized carbons (Fsp3) is 0.923. The summed E-state index contributed by atoms with van der Waals surface area (Å²) < 4.78 is 0. The van der Waals surface area contributed by atoms with Crippen molar-refractivity contribution < 1.29 is 4.79 Å². The predicted octanol–water partition coefficient (Wildman–Crippen LogP) is 2.07. The van der Waals surface area contributed by atoms with E-state index in [1.54, 1.807) is 0 Å². The molecule has 1 amide bonds. The molecule has 1 aliphatic carbocycles. The van der Waals surface area contributed by atoms with Gasteiger partial charge in [0.2, 0.25) is 5.91 Å². The van der Waals surface area contributed by atoms with Crippen LogP contribution in [0.3, 0.4) is 0 Å². The Hall–Kier alpha value is -0.570. The Bertz CT molecular complexity index is 210. The Morgan fingerprint density at radius 1 is 1.25 bits per heavy atom. The van der Waals surface area contributed by atoms with E-state index >= 15 is 0 Å². The minimum atomic E-state index is 0.188. The molecule has 0 aromatic rings. The van der Waals surface area contributed by atoms with Crippen LogP contribution in [0, 0.1) is 5.92 Å². The number of rotatable bonds is 6. The molecule has 1 rings (SSSR count). The minimum absolute atomic E-state index is 0.188. The van der Waals surface area contributed by atoms with Crippen molar-refractivity contribution in [2.75, 3.05) is 6.54 Å². The van der Waals surface area contributed by atoms with Gasteiger partial charge in [0.05, 0.1) is 0 Å². The molecule has 16 heavy (non-hydrogen) atoms. The summed E-state index contributed by atoms with van der Waals surface area (Å²) in [6, 6.07) is 0.814. The van der Waals surface area contributed by atoms with Gasteiger partial charge in [0, 0.05) is 25.0 Å². The van der Waals surface area contributed by atoms with E-state index in [9.17, 15) is 4.79 Å². The van der Waals surface area contributed by atoms with Gasteiger partial charge in [-0.1, -0.05) is 26.7 Å². The molecule has 0 bridgehead atoms. The van der Waals surface area contributed by atoms with Crippen LogP contribution >= 0.6 is 0 Å². The molecule has 0 aromatic carbocycles. The number of nitrogens with one attached hydrogen (secondary N) is 2. The Kier molecular flexibility index (Phi) is 5.81. The SMILES string of the molecule is CC(C)NCCC(=O)NC(C)C1CCCC1.